The Morgan fingerprint density at radius 1 is 0.882 bits per heavy atom. The van der Waals surface area contributed by atoms with Crippen LogP contribution in [-0.2, 0) is 25.6 Å². The first-order chi connectivity index (χ1) is 16.4. The van der Waals surface area contributed by atoms with E-state index in [1.807, 2.05) is 9.80 Å². The Kier molecular flexibility index (Phi) is 7.95. The Balaban J connectivity index is 1.30. The van der Waals surface area contributed by atoms with Gasteiger partial charge in [0.2, 0.25) is 23.6 Å². The zero-order chi connectivity index (χ0) is 24.1. The number of hydrogen-bond donors (Lipinski definition) is 0. The van der Waals surface area contributed by atoms with Crippen molar-refractivity contribution in [2.75, 3.05) is 26.2 Å². The lowest BCUT2D eigenvalue weighted by atomic mass is 9.83. The minimum Gasteiger partial charge on any atom is -0.342 e. The minimum atomic E-state index is -0.352. The molecule has 3 fully saturated rings. The molecule has 1 aromatic carbocycles. The molecule has 4 amide bonds. The number of halogens is 1. The summed E-state index contributed by atoms with van der Waals surface area (Å²) in [6.07, 6.45) is 6.21. The molecule has 4 rings (SSSR count). The predicted molar refractivity (Wildman–Crippen MR) is 124 cm³/mol. The van der Waals surface area contributed by atoms with Gasteiger partial charge in [-0.1, -0.05) is 18.2 Å². The second kappa shape index (κ2) is 11.1. The average Bonchev–Trinajstić information content (AvgIpc) is 2.85. The highest BCUT2D eigenvalue weighted by Gasteiger charge is 2.36. The number of hydrogen-bond acceptors (Lipinski definition) is 4. The molecule has 3 saturated heterocycles. The molecule has 184 valence electrons. The number of rotatable bonds is 6. The zero-order valence-corrected chi connectivity index (χ0v) is 19.7. The molecule has 0 aliphatic carbocycles. The minimum absolute atomic E-state index is 0.00827. The van der Waals surface area contributed by atoms with Crippen molar-refractivity contribution in [3.05, 3.63) is 35.6 Å². The van der Waals surface area contributed by atoms with E-state index in [4.69, 9.17) is 0 Å². The maximum atomic E-state index is 13.9. The maximum Gasteiger partial charge on any atom is 0.229 e. The van der Waals surface area contributed by atoms with Crippen molar-refractivity contribution in [2.45, 2.75) is 70.3 Å². The van der Waals surface area contributed by atoms with Crippen molar-refractivity contribution in [2.24, 2.45) is 5.92 Å². The second-order valence-corrected chi connectivity index (χ2v) is 9.68. The molecule has 0 spiro atoms. The first-order valence-corrected chi connectivity index (χ1v) is 12.6. The van der Waals surface area contributed by atoms with Crippen LogP contribution in [0.15, 0.2) is 24.3 Å². The van der Waals surface area contributed by atoms with Crippen LogP contribution in [0.2, 0.25) is 0 Å². The van der Waals surface area contributed by atoms with Crippen LogP contribution in [0, 0.1) is 11.7 Å². The van der Waals surface area contributed by atoms with Gasteiger partial charge in [-0.25, -0.2) is 4.39 Å². The first-order valence-electron chi connectivity index (χ1n) is 12.6. The van der Waals surface area contributed by atoms with E-state index in [-0.39, 0.29) is 54.9 Å². The van der Waals surface area contributed by atoms with E-state index in [0.717, 1.165) is 32.1 Å². The molecule has 3 aliphatic rings. The summed E-state index contributed by atoms with van der Waals surface area (Å²) in [6.45, 7) is 2.11. The van der Waals surface area contributed by atoms with Crippen molar-refractivity contribution in [3.8, 4) is 0 Å². The summed E-state index contributed by atoms with van der Waals surface area (Å²) in [5.41, 5.74) is 0.421. The second-order valence-electron chi connectivity index (χ2n) is 9.68. The SMILES string of the molecule is O=C(Cc1ccccc1F)N1CCC([C@@H]2CCCCN2C(=O)CCN2C(=O)CCCC2=O)CC1. The third-order valence-electron chi connectivity index (χ3n) is 7.54. The van der Waals surface area contributed by atoms with E-state index in [9.17, 15) is 23.6 Å². The maximum absolute atomic E-state index is 13.9. The molecule has 0 bridgehead atoms. The summed E-state index contributed by atoms with van der Waals surface area (Å²) >= 11 is 0. The summed E-state index contributed by atoms with van der Waals surface area (Å²) in [6, 6.07) is 6.52. The van der Waals surface area contributed by atoms with Gasteiger partial charge >= 0.3 is 0 Å². The highest BCUT2D eigenvalue weighted by molar-refractivity contribution is 5.97. The Labute approximate surface area is 200 Å². The van der Waals surface area contributed by atoms with Gasteiger partial charge in [-0.2, -0.15) is 0 Å². The van der Waals surface area contributed by atoms with Crippen LogP contribution >= 0.6 is 0 Å². The van der Waals surface area contributed by atoms with Gasteiger partial charge < -0.3 is 9.80 Å². The van der Waals surface area contributed by atoms with Crippen LogP contribution in [0.3, 0.4) is 0 Å². The van der Waals surface area contributed by atoms with Crippen molar-refractivity contribution in [3.63, 3.8) is 0 Å². The fourth-order valence-corrected chi connectivity index (χ4v) is 5.61. The van der Waals surface area contributed by atoms with Crippen LogP contribution in [0.5, 0.6) is 0 Å². The lowest BCUT2D eigenvalue weighted by Gasteiger charge is -2.44. The topological polar surface area (TPSA) is 78.0 Å². The van der Waals surface area contributed by atoms with Crippen LogP contribution in [-0.4, -0.2) is 70.5 Å². The molecular formula is C26H34FN3O4. The molecule has 8 heteroatoms. The van der Waals surface area contributed by atoms with Gasteiger partial charge in [0.25, 0.3) is 0 Å². The normalized spacial score (nSPS) is 22.3. The lowest BCUT2D eigenvalue weighted by Crippen LogP contribution is -2.52. The molecule has 7 nitrogen and oxygen atoms in total. The average molecular weight is 472 g/mol. The number of likely N-dealkylation sites (tertiary alicyclic amines) is 3. The molecule has 1 atom stereocenters. The highest BCUT2D eigenvalue weighted by Crippen LogP contribution is 2.31. The Morgan fingerprint density at radius 2 is 1.59 bits per heavy atom. The monoisotopic (exact) mass is 471 g/mol. The molecule has 1 aromatic rings. The Hall–Kier alpha value is -2.77. The van der Waals surface area contributed by atoms with Gasteiger partial charge in [0.1, 0.15) is 5.82 Å². The van der Waals surface area contributed by atoms with Gasteiger partial charge in [0.15, 0.2) is 0 Å². The van der Waals surface area contributed by atoms with Crippen molar-refractivity contribution >= 4 is 23.6 Å². The molecule has 3 heterocycles. The van der Waals surface area contributed by atoms with E-state index in [2.05, 4.69) is 0 Å². The largest absolute Gasteiger partial charge is 0.342 e. The van der Waals surface area contributed by atoms with Gasteiger partial charge in [0.05, 0.1) is 6.42 Å². The van der Waals surface area contributed by atoms with E-state index in [0.29, 0.717) is 50.4 Å². The van der Waals surface area contributed by atoms with E-state index in [1.54, 1.807) is 18.2 Å². The number of carbonyl (C=O) groups is 4. The van der Waals surface area contributed by atoms with Crippen molar-refractivity contribution in [1.82, 2.24) is 14.7 Å². The Morgan fingerprint density at radius 3 is 2.29 bits per heavy atom. The van der Waals surface area contributed by atoms with Crippen LogP contribution in [0.25, 0.3) is 0 Å². The molecule has 0 saturated carbocycles. The smallest absolute Gasteiger partial charge is 0.229 e. The molecule has 3 aliphatic heterocycles. The van der Waals surface area contributed by atoms with Crippen LogP contribution in [0.4, 0.5) is 4.39 Å². The highest BCUT2D eigenvalue weighted by atomic mass is 19.1. The molecule has 0 aromatic heterocycles. The lowest BCUT2D eigenvalue weighted by molar-refractivity contribution is -0.149. The molecule has 0 unspecified atom stereocenters. The van der Waals surface area contributed by atoms with Gasteiger partial charge in [-0.3, -0.25) is 24.1 Å². The predicted octanol–water partition coefficient (Wildman–Crippen LogP) is 2.92. The van der Waals surface area contributed by atoms with Gasteiger partial charge in [-0.15, -0.1) is 0 Å². The molecular weight excluding hydrogens is 437 g/mol. The van der Waals surface area contributed by atoms with Crippen molar-refractivity contribution < 1.29 is 23.6 Å². The summed E-state index contributed by atoms with van der Waals surface area (Å²) in [4.78, 5) is 54.9. The molecule has 34 heavy (non-hydrogen) atoms. The first kappa shape index (κ1) is 24.4. The quantitative estimate of drug-likeness (QED) is 0.598. The van der Waals surface area contributed by atoms with Crippen LogP contribution < -0.4 is 0 Å². The molecule has 0 N–H and O–H groups in total. The summed E-state index contributed by atoms with van der Waals surface area (Å²) in [7, 11) is 0. The van der Waals surface area contributed by atoms with E-state index in [1.165, 1.54) is 11.0 Å². The summed E-state index contributed by atoms with van der Waals surface area (Å²) < 4.78 is 13.9. The number of nitrogens with zero attached hydrogens (tertiary/aromatic N) is 3. The summed E-state index contributed by atoms with van der Waals surface area (Å²) in [5, 5.41) is 0. The van der Waals surface area contributed by atoms with Gasteiger partial charge in [-0.05, 0) is 56.1 Å². The Bertz CT molecular complexity index is 912. The molecule has 0 radical (unpaired) electrons. The fourth-order valence-electron chi connectivity index (χ4n) is 5.61. The van der Waals surface area contributed by atoms with Crippen molar-refractivity contribution in [1.29, 1.82) is 0 Å². The zero-order valence-electron chi connectivity index (χ0n) is 19.7. The number of benzene rings is 1. The third kappa shape index (κ3) is 5.65. The number of amides is 4. The van der Waals surface area contributed by atoms with Gasteiger partial charge in [0, 0.05) is 51.5 Å². The fraction of sp³-hybridized carbons (Fsp3) is 0.615. The number of piperidine rings is 3. The number of carbonyl (C=O) groups excluding carboxylic acids is 4. The third-order valence-corrected chi connectivity index (χ3v) is 7.54. The van der Waals surface area contributed by atoms with E-state index < -0.39 is 0 Å². The number of imide groups is 1. The van der Waals surface area contributed by atoms with Crippen LogP contribution in [0.1, 0.15) is 63.4 Å². The van der Waals surface area contributed by atoms with E-state index >= 15 is 0 Å². The standard InChI is InChI=1S/C26H34FN3O4/c27-21-7-2-1-6-20(21)18-26(34)28-15-11-19(12-16-28)22-8-3-4-14-29(22)25(33)13-17-30-23(31)9-5-10-24(30)32/h1-2,6-7,19,22H,3-5,8-18H2/t22-/m0/s1. The summed E-state index contributed by atoms with van der Waals surface area (Å²) in [5.74, 6) is -0.432.